The number of carbonyl (C=O) groups excluding carboxylic acids is 1. The molecule has 1 aromatic heterocycles. The molecule has 106 valence electrons. The molecule has 1 unspecified atom stereocenters. The second-order valence-electron chi connectivity index (χ2n) is 4.79. The lowest BCUT2D eigenvalue weighted by Gasteiger charge is -2.20. The number of urea groups is 1. The molecule has 1 rings (SSSR count). The predicted molar refractivity (Wildman–Crippen MR) is 75.3 cm³/mol. The molecule has 0 spiro atoms. The summed E-state index contributed by atoms with van der Waals surface area (Å²) in [4.78, 5) is 24.7. The lowest BCUT2D eigenvalue weighted by atomic mass is 10.0. The molecule has 5 nitrogen and oxygen atoms in total. The van der Waals surface area contributed by atoms with E-state index in [1.54, 1.807) is 11.3 Å². The van der Waals surface area contributed by atoms with Crippen LogP contribution in [0.3, 0.4) is 0 Å². The van der Waals surface area contributed by atoms with E-state index in [2.05, 4.69) is 10.6 Å². The van der Waals surface area contributed by atoms with E-state index in [0.717, 1.165) is 4.88 Å². The van der Waals surface area contributed by atoms with Gasteiger partial charge < -0.3 is 15.7 Å². The quantitative estimate of drug-likeness (QED) is 0.750. The first-order valence-corrected chi connectivity index (χ1v) is 7.01. The molecule has 2 amide bonds. The highest BCUT2D eigenvalue weighted by atomic mass is 32.1. The van der Waals surface area contributed by atoms with Crippen LogP contribution < -0.4 is 10.6 Å². The minimum absolute atomic E-state index is 0.0663. The van der Waals surface area contributed by atoms with Gasteiger partial charge in [0.15, 0.2) is 0 Å². The largest absolute Gasteiger partial charge is 0.481 e. The molecular weight excluding hydrogens is 264 g/mol. The lowest BCUT2D eigenvalue weighted by molar-refractivity contribution is -0.137. The van der Waals surface area contributed by atoms with E-state index < -0.39 is 5.97 Å². The third-order valence-electron chi connectivity index (χ3n) is 2.73. The summed E-state index contributed by atoms with van der Waals surface area (Å²) in [6, 6.07) is 3.28. The van der Waals surface area contributed by atoms with Crippen molar-refractivity contribution in [2.75, 3.05) is 0 Å². The van der Waals surface area contributed by atoms with Crippen LogP contribution in [0.1, 0.15) is 30.0 Å². The lowest BCUT2D eigenvalue weighted by Crippen LogP contribution is -2.45. The van der Waals surface area contributed by atoms with Crippen molar-refractivity contribution in [1.82, 2.24) is 10.6 Å². The van der Waals surface area contributed by atoms with Gasteiger partial charge in [0.1, 0.15) is 0 Å². The first-order chi connectivity index (χ1) is 8.88. The maximum absolute atomic E-state index is 11.7. The van der Waals surface area contributed by atoms with E-state index in [1.165, 1.54) is 4.88 Å². The minimum atomic E-state index is -0.909. The van der Waals surface area contributed by atoms with Gasteiger partial charge in [0.2, 0.25) is 0 Å². The number of hydrogen-bond acceptors (Lipinski definition) is 3. The number of aryl methyl sites for hydroxylation is 1. The van der Waals surface area contributed by atoms with Gasteiger partial charge in [0.25, 0.3) is 0 Å². The first-order valence-electron chi connectivity index (χ1n) is 6.20. The van der Waals surface area contributed by atoms with Crippen LogP contribution in [-0.2, 0) is 11.3 Å². The summed E-state index contributed by atoms with van der Waals surface area (Å²) >= 11 is 1.63. The number of carboxylic acid groups (broad SMARTS) is 1. The van der Waals surface area contributed by atoms with Crippen molar-refractivity contribution in [2.45, 2.75) is 39.8 Å². The maximum Gasteiger partial charge on any atom is 0.315 e. The summed E-state index contributed by atoms with van der Waals surface area (Å²) in [5, 5.41) is 14.2. The zero-order valence-electron chi connectivity index (χ0n) is 11.4. The second kappa shape index (κ2) is 7.13. The van der Waals surface area contributed by atoms with Crippen molar-refractivity contribution in [3.05, 3.63) is 21.9 Å². The molecule has 0 aromatic carbocycles. The zero-order valence-corrected chi connectivity index (χ0v) is 12.2. The van der Waals surface area contributed by atoms with Crippen molar-refractivity contribution >= 4 is 23.3 Å². The fourth-order valence-electron chi connectivity index (χ4n) is 1.61. The molecule has 0 fully saturated rings. The van der Waals surface area contributed by atoms with E-state index in [0.29, 0.717) is 6.54 Å². The monoisotopic (exact) mass is 284 g/mol. The van der Waals surface area contributed by atoms with Gasteiger partial charge >= 0.3 is 12.0 Å². The molecule has 0 aliphatic carbocycles. The Kier molecular flexibility index (Phi) is 5.82. The molecular formula is C13H20N2O3S. The third-order valence-corrected chi connectivity index (χ3v) is 3.74. The molecule has 1 heterocycles. The summed E-state index contributed by atoms with van der Waals surface area (Å²) in [5.41, 5.74) is 0. The summed E-state index contributed by atoms with van der Waals surface area (Å²) in [5.74, 6) is -0.835. The molecule has 0 radical (unpaired) electrons. The first kappa shape index (κ1) is 15.5. The minimum Gasteiger partial charge on any atom is -0.481 e. The summed E-state index contributed by atoms with van der Waals surface area (Å²) < 4.78 is 0. The van der Waals surface area contributed by atoms with Gasteiger partial charge in [0, 0.05) is 15.8 Å². The molecule has 0 aliphatic rings. The number of hydrogen-bond donors (Lipinski definition) is 3. The van der Waals surface area contributed by atoms with Crippen molar-refractivity contribution in [1.29, 1.82) is 0 Å². The number of thiophene rings is 1. The molecule has 0 aliphatic heterocycles. The SMILES string of the molecule is Cc1ccc(CNC(=O)NC(CC(=O)O)C(C)C)s1. The van der Waals surface area contributed by atoms with E-state index in [9.17, 15) is 9.59 Å². The Bertz CT molecular complexity index is 443. The van der Waals surface area contributed by atoms with Crippen LogP contribution >= 0.6 is 11.3 Å². The van der Waals surface area contributed by atoms with Crippen molar-refractivity contribution < 1.29 is 14.7 Å². The van der Waals surface area contributed by atoms with Gasteiger partial charge in [0.05, 0.1) is 13.0 Å². The fraction of sp³-hybridized carbons (Fsp3) is 0.538. The van der Waals surface area contributed by atoms with Gasteiger partial charge in [-0.15, -0.1) is 11.3 Å². The van der Waals surface area contributed by atoms with E-state index in [-0.39, 0.29) is 24.4 Å². The Hall–Kier alpha value is -1.56. The van der Waals surface area contributed by atoms with Gasteiger partial charge in [-0.2, -0.15) is 0 Å². The van der Waals surface area contributed by atoms with Crippen molar-refractivity contribution in [3.63, 3.8) is 0 Å². The predicted octanol–water partition coefficient (Wildman–Crippen LogP) is 2.36. The Morgan fingerprint density at radius 3 is 2.53 bits per heavy atom. The molecule has 6 heteroatoms. The summed E-state index contributed by atoms with van der Waals surface area (Å²) in [6.07, 6.45) is -0.0663. The summed E-state index contributed by atoms with van der Waals surface area (Å²) in [7, 11) is 0. The Labute approximate surface area is 117 Å². The van der Waals surface area contributed by atoms with Crippen LogP contribution in [0, 0.1) is 12.8 Å². The number of carbonyl (C=O) groups is 2. The number of carboxylic acids is 1. The third kappa shape index (κ3) is 5.74. The number of rotatable bonds is 6. The van der Waals surface area contributed by atoms with Gasteiger partial charge in [-0.1, -0.05) is 13.8 Å². The van der Waals surface area contributed by atoms with Crippen LogP contribution in [0.5, 0.6) is 0 Å². The number of aliphatic carboxylic acids is 1. The standard InChI is InChI=1S/C13H20N2O3S/c1-8(2)11(6-12(16)17)15-13(18)14-7-10-5-4-9(3)19-10/h4-5,8,11H,6-7H2,1-3H3,(H,16,17)(H2,14,15,18). The number of amides is 2. The highest BCUT2D eigenvalue weighted by Crippen LogP contribution is 2.14. The molecule has 0 saturated carbocycles. The molecule has 0 bridgehead atoms. The van der Waals surface area contributed by atoms with Crippen molar-refractivity contribution in [3.8, 4) is 0 Å². The molecule has 3 N–H and O–H groups in total. The Morgan fingerprint density at radius 1 is 1.37 bits per heavy atom. The van der Waals surface area contributed by atoms with Gasteiger partial charge in [-0.3, -0.25) is 4.79 Å². The highest BCUT2D eigenvalue weighted by Gasteiger charge is 2.19. The Morgan fingerprint density at radius 2 is 2.05 bits per heavy atom. The van der Waals surface area contributed by atoms with E-state index >= 15 is 0 Å². The van der Waals surface area contributed by atoms with Crippen LogP contribution in [0.4, 0.5) is 4.79 Å². The molecule has 1 atom stereocenters. The fourth-order valence-corrected chi connectivity index (χ4v) is 2.44. The molecule has 19 heavy (non-hydrogen) atoms. The van der Waals surface area contributed by atoms with Gasteiger partial charge in [-0.05, 0) is 25.0 Å². The smallest absolute Gasteiger partial charge is 0.315 e. The van der Waals surface area contributed by atoms with Crippen molar-refractivity contribution in [2.24, 2.45) is 5.92 Å². The van der Waals surface area contributed by atoms with Crippen LogP contribution in [0.25, 0.3) is 0 Å². The topological polar surface area (TPSA) is 78.4 Å². The summed E-state index contributed by atoms with van der Waals surface area (Å²) in [6.45, 7) is 6.24. The normalized spacial score (nSPS) is 12.2. The average molecular weight is 284 g/mol. The van der Waals surface area contributed by atoms with Crippen LogP contribution in [-0.4, -0.2) is 23.1 Å². The highest BCUT2D eigenvalue weighted by molar-refractivity contribution is 7.11. The second-order valence-corrected chi connectivity index (χ2v) is 6.16. The van der Waals surface area contributed by atoms with Crippen LogP contribution in [0.2, 0.25) is 0 Å². The number of nitrogens with one attached hydrogen (secondary N) is 2. The molecule has 0 saturated heterocycles. The Balaban J connectivity index is 2.42. The van der Waals surface area contributed by atoms with Gasteiger partial charge in [-0.25, -0.2) is 4.79 Å². The average Bonchev–Trinajstić information content (AvgIpc) is 2.71. The maximum atomic E-state index is 11.7. The van der Waals surface area contributed by atoms with E-state index in [4.69, 9.17) is 5.11 Å². The van der Waals surface area contributed by atoms with E-state index in [1.807, 2.05) is 32.9 Å². The zero-order chi connectivity index (χ0) is 14.4. The molecule has 1 aromatic rings. The van der Waals surface area contributed by atoms with Crippen LogP contribution in [0.15, 0.2) is 12.1 Å².